The van der Waals surface area contributed by atoms with Crippen LogP contribution < -0.4 is 0 Å². The quantitative estimate of drug-likeness (QED) is 0.513. The van der Waals surface area contributed by atoms with E-state index in [1.54, 1.807) is 6.92 Å². The van der Waals surface area contributed by atoms with E-state index in [0.717, 1.165) is 0 Å². The molecule has 0 amide bonds. The van der Waals surface area contributed by atoms with Crippen LogP contribution in [0, 0.1) is 10.1 Å². The molecule has 6 nitrogen and oxygen atoms in total. The first kappa shape index (κ1) is 11.4. The Bertz CT molecular complexity index is 234. The molecule has 1 fully saturated rings. The van der Waals surface area contributed by atoms with Crippen LogP contribution in [0.2, 0.25) is 0 Å². The van der Waals surface area contributed by atoms with Crippen LogP contribution in [0.4, 0.5) is 0 Å². The number of aliphatic hydroxyl groups excluding tert-OH is 1. The first-order chi connectivity index (χ1) is 6.41. The number of nitro groups is 1. The lowest BCUT2D eigenvalue weighted by Crippen LogP contribution is -2.59. The van der Waals surface area contributed by atoms with E-state index in [2.05, 4.69) is 0 Å². The molecule has 1 rings (SSSR count). The molecule has 1 N–H and O–H groups in total. The summed E-state index contributed by atoms with van der Waals surface area (Å²) in [5.41, 5.74) is -1.29. The highest BCUT2D eigenvalue weighted by Crippen LogP contribution is 2.32. The normalized spacial score (nSPS) is 43.6. The molecule has 4 atom stereocenters. The molecule has 0 spiro atoms. The van der Waals surface area contributed by atoms with Gasteiger partial charge in [0.05, 0.1) is 12.5 Å². The Labute approximate surface area is 82.0 Å². The maximum Gasteiger partial charge on any atom is 0.252 e. The first-order valence-corrected chi connectivity index (χ1v) is 4.42. The zero-order valence-corrected chi connectivity index (χ0v) is 8.47. The second kappa shape index (κ2) is 3.80. The summed E-state index contributed by atoms with van der Waals surface area (Å²) in [6, 6.07) is 0. The Balaban J connectivity index is 2.93. The molecule has 0 aromatic carbocycles. The van der Waals surface area contributed by atoms with Crippen molar-refractivity contribution in [3.8, 4) is 0 Å². The molecule has 0 radical (unpaired) electrons. The molecule has 6 heteroatoms. The fourth-order valence-corrected chi connectivity index (χ4v) is 1.97. The molecular formula is C8H15NO5. The lowest BCUT2D eigenvalue weighted by atomic mass is 9.86. The van der Waals surface area contributed by atoms with Crippen molar-refractivity contribution < 1.29 is 19.5 Å². The van der Waals surface area contributed by atoms with E-state index in [4.69, 9.17) is 9.47 Å². The van der Waals surface area contributed by atoms with Gasteiger partial charge in [-0.3, -0.25) is 10.1 Å². The molecule has 0 aliphatic carbocycles. The lowest BCUT2D eigenvalue weighted by Gasteiger charge is -2.39. The van der Waals surface area contributed by atoms with Crippen LogP contribution >= 0.6 is 0 Å². The van der Waals surface area contributed by atoms with Crippen LogP contribution in [0.1, 0.15) is 20.3 Å². The number of rotatable bonds is 2. The van der Waals surface area contributed by atoms with Crippen molar-refractivity contribution in [3.63, 3.8) is 0 Å². The minimum absolute atomic E-state index is 0.0527. The average molecular weight is 205 g/mol. The third kappa shape index (κ3) is 1.73. The Hall–Kier alpha value is -0.720. The first-order valence-electron chi connectivity index (χ1n) is 4.42. The monoisotopic (exact) mass is 205 g/mol. The van der Waals surface area contributed by atoms with Gasteiger partial charge >= 0.3 is 0 Å². The summed E-state index contributed by atoms with van der Waals surface area (Å²) < 4.78 is 10.1. The van der Waals surface area contributed by atoms with Gasteiger partial charge in [-0.25, -0.2) is 0 Å². The van der Waals surface area contributed by atoms with Gasteiger partial charge < -0.3 is 14.6 Å². The molecule has 1 saturated heterocycles. The van der Waals surface area contributed by atoms with Crippen LogP contribution in [0.3, 0.4) is 0 Å². The van der Waals surface area contributed by atoms with Crippen molar-refractivity contribution >= 4 is 0 Å². The van der Waals surface area contributed by atoms with E-state index in [1.165, 1.54) is 14.0 Å². The maximum atomic E-state index is 10.9. The summed E-state index contributed by atoms with van der Waals surface area (Å²) in [4.78, 5) is 10.5. The van der Waals surface area contributed by atoms with Gasteiger partial charge in [0, 0.05) is 19.0 Å². The molecule has 0 aromatic heterocycles. The molecule has 1 aliphatic rings. The van der Waals surface area contributed by atoms with Gasteiger partial charge in [0.15, 0.2) is 12.4 Å². The average Bonchev–Trinajstić information content (AvgIpc) is 2.02. The molecule has 0 aromatic rings. The van der Waals surface area contributed by atoms with Crippen molar-refractivity contribution in [1.29, 1.82) is 0 Å². The van der Waals surface area contributed by atoms with Gasteiger partial charge in [-0.2, -0.15) is 0 Å². The molecule has 0 saturated carbocycles. The van der Waals surface area contributed by atoms with Crippen molar-refractivity contribution in [1.82, 2.24) is 0 Å². The van der Waals surface area contributed by atoms with Gasteiger partial charge in [0.1, 0.15) is 0 Å². The number of methoxy groups -OCH3 is 1. The third-order valence-corrected chi connectivity index (χ3v) is 2.67. The van der Waals surface area contributed by atoms with Gasteiger partial charge in [0.2, 0.25) is 0 Å². The smallest absolute Gasteiger partial charge is 0.252 e. The van der Waals surface area contributed by atoms with Crippen LogP contribution in [0.15, 0.2) is 0 Å². The summed E-state index contributed by atoms with van der Waals surface area (Å²) in [7, 11) is 1.41. The van der Waals surface area contributed by atoms with E-state index in [-0.39, 0.29) is 6.42 Å². The maximum absolute atomic E-state index is 10.9. The summed E-state index contributed by atoms with van der Waals surface area (Å²) in [5.74, 6) is 0. The highest BCUT2D eigenvalue weighted by atomic mass is 16.7. The van der Waals surface area contributed by atoms with E-state index in [9.17, 15) is 15.2 Å². The minimum atomic E-state index is -1.29. The molecule has 0 bridgehead atoms. The van der Waals surface area contributed by atoms with Crippen molar-refractivity contribution in [2.75, 3.05) is 7.11 Å². The lowest BCUT2D eigenvalue weighted by molar-refractivity contribution is -0.594. The topological polar surface area (TPSA) is 81.8 Å². The SMILES string of the molecule is CO[C@H]1[C@H](C)O[C@@H](O)C[C@]1(C)[N+](=O)[O-]. The van der Waals surface area contributed by atoms with Crippen LogP contribution in [0.5, 0.6) is 0 Å². The van der Waals surface area contributed by atoms with Gasteiger partial charge in [-0.15, -0.1) is 0 Å². The molecule has 1 aliphatic heterocycles. The summed E-state index contributed by atoms with van der Waals surface area (Å²) >= 11 is 0. The summed E-state index contributed by atoms with van der Waals surface area (Å²) in [5, 5.41) is 20.2. The highest BCUT2D eigenvalue weighted by molar-refractivity contribution is 4.92. The second-order valence-corrected chi connectivity index (χ2v) is 3.77. The molecule has 14 heavy (non-hydrogen) atoms. The van der Waals surface area contributed by atoms with Gasteiger partial charge in [-0.05, 0) is 6.92 Å². The van der Waals surface area contributed by atoms with Gasteiger partial charge in [0.25, 0.3) is 5.54 Å². The van der Waals surface area contributed by atoms with Crippen molar-refractivity contribution in [2.24, 2.45) is 0 Å². The van der Waals surface area contributed by atoms with E-state index < -0.39 is 29.0 Å². The molecular weight excluding hydrogens is 190 g/mol. The number of ether oxygens (including phenoxy) is 2. The van der Waals surface area contributed by atoms with E-state index in [1.807, 2.05) is 0 Å². The highest BCUT2D eigenvalue weighted by Gasteiger charge is 2.54. The number of hydrogen-bond acceptors (Lipinski definition) is 5. The predicted octanol–water partition coefficient (Wildman–Crippen LogP) is 0.164. The Morgan fingerprint density at radius 3 is 2.71 bits per heavy atom. The zero-order chi connectivity index (χ0) is 10.9. The van der Waals surface area contributed by atoms with Crippen LogP contribution in [-0.4, -0.2) is 41.2 Å². The molecule has 1 heterocycles. The van der Waals surface area contributed by atoms with Crippen molar-refractivity contribution in [3.05, 3.63) is 10.1 Å². The molecule has 82 valence electrons. The van der Waals surface area contributed by atoms with E-state index >= 15 is 0 Å². The van der Waals surface area contributed by atoms with E-state index in [0.29, 0.717) is 0 Å². The zero-order valence-electron chi connectivity index (χ0n) is 8.47. The van der Waals surface area contributed by atoms with Crippen LogP contribution in [-0.2, 0) is 9.47 Å². The Morgan fingerprint density at radius 1 is 1.71 bits per heavy atom. The second-order valence-electron chi connectivity index (χ2n) is 3.77. The predicted molar refractivity (Wildman–Crippen MR) is 47.4 cm³/mol. The van der Waals surface area contributed by atoms with Gasteiger partial charge in [-0.1, -0.05) is 0 Å². The molecule has 0 unspecified atom stereocenters. The number of hydrogen-bond donors (Lipinski definition) is 1. The fourth-order valence-electron chi connectivity index (χ4n) is 1.97. The Morgan fingerprint density at radius 2 is 2.29 bits per heavy atom. The van der Waals surface area contributed by atoms with Crippen molar-refractivity contribution in [2.45, 2.75) is 44.3 Å². The Kier molecular flexibility index (Phi) is 3.08. The third-order valence-electron chi connectivity index (χ3n) is 2.67. The number of aliphatic hydroxyl groups is 1. The minimum Gasteiger partial charge on any atom is -0.371 e. The standard InChI is InChI=1S/C8H15NO5/c1-5-7(13-3)8(2,9(11)12)4-6(10)14-5/h5-7,10H,4H2,1-3H3/t5-,6+,7-,8-/m0/s1. The largest absolute Gasteiger partial charge is 0.371 e. The van der Waals surface area contributed by atoms with Crippen LogP contribution in [0.25, 0.3) is 0 Å². The summed E-state index contributed by atoms with van der Waals surface area (Å²) in [6.07, 6.45) is -2.27. The summed E-state index contributed by atoms with van der Waals surface area (Å²) in [6.45, 7) is 3.11. The fraction of sp³-hybridized carbons (Fsp3) is 1.00. The number of nitrogens with zero attached hydrogens (tertiary/aromatic N) is 1.